The van der Waals surface area contributed by atoms with Gasteiger partial charge in [-0.15, -0.1) is 0 Å². The topological polar surface area (TPSA) is 3.24 Å². The summed E-state index contributed by atoms with van der Waals surface area (Å²) in [6.45, 7) is 6.10. The molecule has 2 rings (SSSR count). The van der Waals surface area contributed by atoms with Crippen LogP contribution in [-0.4, -0.2) is 28.9 Å². The smallest absolute Gasteiger partial charge is 0.0100 e. The largest absolute Gasteiger partial charge is 0.297 e. The van der Waals surface area contributed by atoms with Crippen molar-refractivity contribution in [2.24, 2.45) is 5.41 Å². The van der Waals surface area contributed by atoms with Crippen LogP contribution in [0.3, 0.4) is 0 Å². The van der Waals surface area contributed by atoms with Crippen LogP contribution in [0.4, 0.5) is 0 Å². The average Bonchev–Trinajstić information content (AvgIpc) is 2.53. The lowest BCUT2D eigenvalue weighted by molar-refractivity contribution is 0.0638. The lowest BCUT2D eigenvalue weighted by Crippen LogP contribution is -2.47. The lowest BCUT2D eigenvalue weighted by atomic mass is 9.70. The van der Waals surface area contributed by atoms with E-state index < -0.39 is 0 Å². The highest BCUT2D eigenvalue weighted by atomic mass is 79.9. The monoisotopic (exact) mass is 273 g/mol. The van der Waals surface area contributed by atoms with Crippen molar-refractivity contribution in [3.05, 3.63) is 0 Å². The van der Waals surface area contributed by atoms with Crippen molar-refractivity contribution in [3.8, 4) is 0 Å². The quantitative estimate of drug-likeness (QED) is 0.704. The Balaban J connectivity index is 1.96. The third kappa shape index (κ3) is 2.26. The molecule has 1 aliphatic carbocycles. The fourth-order valence-corrected chi connectivity index (χ4v) is 3.98. The summed E-state index contributed by atoms with van der Waals surface area (Å²) in [5.41, 5.74) is 0.631. The minimum Gasteiger partial charge on any atom is -0.297 e. The Morgan fingerprint density at radius 2 is 2.07 bits per heavy atom. The molecule has 0 amide bonds. The van der Waals surface area contributed by atoms with Crippen LogP contribution < -0.4 is 0 Å². The van der Waals surface area contributed by atoms with E-state index in [1.54, 1.807) is 0 Å². The van der Waals surface area contributed by atoms with E-state index in [1.807, 2.05) is 0 Å². The summed E-state index contributed by atoms with van der Waals surface area (Å²) < 4.78 is 0. The molecule has 88 valence electrons. The van der Waals surface area contributed by atoms with Gasteiger partial charge in [0, 0.05) is 24.0 Å². The van der Waals surface area contributed by atoms with Gasteiger partial charge in [-0.25, -0.2) is 0 Å². The molecule has 15 heavy (non-hydrogen) atoms. The molecule has 0 bridgehead atoms. The number of hydrogen-bond donors (Lipinski definition) is 0. The number of rotatable bonds is 4. The van der Waals surface area contributed by atoms with E-state index in [0.29, 0.717) is 5.41 Å². The zero-order chi connectivity index (χ0) is 10.9. The second-order valence-corrected chi connectivity index (χ2v) is 6.21. The van der Waals surface area contributed by atoms with Crippen molar-refractivity contribution in [2.45, 2.75) is 64.5 Å². The first-order valence-electron chi connectivity index (χ1n) is 6.52. The van der Waals surface area contributed by atoms with E-state index in [0.717, 1.165) is 12.1 Å². The first kappa shape index (κ1) is 11.9. The van der Waals surface area contributed by atoms with Crippen molar-refractivity contribution in [1.82, 2.24) is 4.90 Å². The maximum Gasteiger partial charge on any atom is 0.0100 e. The van der Waals surface area contributed by atoms with Crippen LogP contribution in [0.2, 0.25) is 0 Å². The Kier molecular flexibility index (Phi) is 3.77. The molecule has 0 N–H and O–H groups in total. The molecule has 2 aliphatic rings. The Bertz CT molecular complexity index is 207. The molecule has 0 radical (unpaired) electrons. The van der Waals surface area contributed by atoms with E-state index in [-0.39, 0.29) is 0 Å². The summed E-state index contributed by atoms with van der Waals surface area (Å²) in [6, 6.07) is 1.70. The fraction of sp³-hybridized carbons (Fsp3) is 1.00. The standard InChI is InChI=1S/C13H24BrN/c1-3-12-6-5-11(2)15(12)10-13(9-14)7-4-8-13/h11-12H,3-10H2,1-2H3. The maximum absolute atomic E-state index is 3.73. The second kappa shape index (κ2) is 4.75. The summed E-state index contributed by atoms with van der Waals surface area (Å²) in [5, 5.41) is 1.21. The predicted molar refractivity (Wildman–Crippen MR) is 69.6 cm³/mol. The molecule has 2 fully saturated rings. The Morgan fingerprint density at radius 3 is 2.53 bits per heavy atom. The molecular weight excluding hydrogens is 250 g/mol. The number of halogens is 1. The minimum atomic E-state index is 0.631. The van der Waals surface area contributed by atoms with Crippen LogP contribution in [0.25, 0.3) is 0 Å². The van der Waals surface area contributed by atoms with Crippen LogP contribution in [0, 0.1) is 5.41 Å². The average molecular weight is 274 g/mol. The Hall–Kier alpha value is 0.440. The van der Waals surface area contributed by atoms with Crippen LogP contribution in [0.1, 0.15) is 52.4 Å². The van der Waals surface area contributed by atoms with Crippen molar-refractivity contribution >= 4 is 15.9 Å². The van der Waals surface area contributed by atoms with Gasteiger partial charge in [0.25, 0.3) is 0 Å². The van der Waals surface area contributed by atoms with Gasteiger partial charge < -0.3 is 0 Å². The molecule has 1 aliphatic heterocycles. The molecule has 1 saturated carbocycles. The van der Waals surface area contributed by atoms with Gasteiger partial charge in [0.2, 0.25) is 0 Å². The highest BCUT2D eigenvalue weighted by Crippen LogP contribution is 2.44. The van der Waals surface area contributed by atoms with Crippen LogP contribution in [0.5, 0.6) is 0 Å². The van der Waals surface area contributed by atoms with E-state index in [4.69, 9.17) is 0 Å². The molecule has 1 heterocycles. The van der Waals surface area contributed by atoms with Gasteiger partial charge in [0.1, 0.15) is 0 Å². The van der Waals surface area contributed by atoms with E-state index >= 15 is 0 Å². The summed E-state index contributed by atoms with van der Waals surface area (Å²) >= 11 is 3.73. The third-order valence-electron chi connectivity index (χ3n) is 4.64. The van der Waals surface area contributed by atoms with Gasteiger partial charge in [-0.2, -0.15) is 0 Å². The van der Waals surface area contributed by atoms with E-state index in [2.05, 4.69) is 34.7 Å². The van der Waals surface area contributed by atoms with Gasteiger partial charge in [-0.3, -0.25) is 4.90 Å². The van der Waals surface area contributed by atoms with Gasteiger partial charge in [0.15, 0.2) is 0 Å². The fourth-order valence-electron chi connectivity index (χ4n) is 3.25. The molecule has 1 nitrogen and oxygen atoms in total. The molecule has 1 saturated heterocycles. The van der Waals surface area contributed by atoms with Crippen LogP contribution in [-0.2, 0) is 0 Å². The van der Waals surface area contributed by atoms with Gasteiger partial charge >= 0.3 is 0 Å². The van der Waals surface area contributed by atoms with E-state index in [9.17, 15) is 0 Å². The highest BCUT2D eigenvalue weighted by Gasteiger charge is 2.41. The predicted octanol–water partition coefficient (Wildman–Crippen LogP) is 3.81. The molecule has 0 aromatic rings. The molecule has 0 aromatic carbocycles. The number of likely N-dealkylation sites (tertiary alicyclic amines) is 1. The summed E-state index contributed by atoms with van der Waals surface area (Å²) in [4.78, 5) is 2.79. The molecular formula is C13H24BrN. The van der Waals surface area contributed by atoms with Crippen LogP contribution >= 0.6 is 15.9 Å². The highest BCUT2D eigenvalue weighted by molar-refractivity contribution is 9.09. The molecule has 0 spiro atoms. The van der Waals surface area contributed by atoms with Crippen molar-refractivity contribution in [3.63, 3.8) is 0 Å². The van der Waals surface area contributed by atoms with Crippen molar-refractivity contribution < 1.29 is 0 Å². The van der Waals surface area contributed by atoms with Gasteiger partial charge in [-0.05, 0) is 44.4 Å². The van der Waals surface area contributed by atoms with E-state index in [1.165, 1.54) is 50.4 Å². The molecule has 2 unspecified atom stereocenters. The number of nitrogens with zero attached hydrogens (tertiary/aromatic N) is 1. The molecule has 0 aromatic heterocycles. The lowest BCUT2D eigenvalue weighted by Gasteiger charge is -2.45. The summed E-state index contributed by atoms with van der Waals surface area (Å²) in [6.07, 6.45) is 8.51. The van der Waals surface area contributed by atoms with Crippen molar-refractivity contribution in [1.29, 1.82) is 0 Å². The van der Waals surface area contributed by atoms with Gasteiger partial charge in [-0.1, -0.05) is 29.3 Å². The normalized spacial score (nSPS) is 35.4. The summed E-state index contributed by atoms with van der Waals surface area (Å²) in [5.74, 6) is 0. The zero-order valence-electron chi connectivity index (χ0n) is 10.1. The summed E-state index contributed by atoms with van der Waals surface area (Å²) in [7, 11) is 0. The molecule has 2 atom stereocenters. The van der Waals surface area contributed by atoms with Gasteiger partial charge in [0.05, 0.1) is 0 Å². The SMILES string of the molecule is CCC1CCC(C)N1CC1(CBr)CCC1. The molecule has 2 heteroatoms. The number of hydrogen-bond acceptors (Lipinski definition) is 1. The second-order valence-electron chi connectivity index (χ2n) is 5.65. The Morgan fingerprint density at radius 1 is 1.33 bits per heavy atom. The first-order chi connectivity index (χ1) is 7.21. The van der Waals surface area contributed by atoms with Crippen molar-refractivity contribution in [2.75, 3.05) is 11.9 Å². The number of alkyl halides is 1. The third-order valence-corrected chi connectivity index (χ3v) is 5.83. The zero-order valence-corrected chi connectivity index (χ0v) is 11.7. The first-order valence-corrected chi connectivity index (χ1v) is 7.64. The Labute approximate surface area is 103 Å². The minimum absolute atomic E-state index is 0.631. The van der Waals surface area contributed by atoms with Crippen LogP contribution in [0.15, 0.2) is 0 Å². The maximum atomic E-state index is 3.73.